The second-order valence-electron chi connectivity index (χ2n) is 6.75. The van der Waals surface area contributed by atoms with E-state index >= 15 is 0 Å². The van der Waals surface area contributed by atoms with Crippen LogP contribution in [0, 0.1) is 0 Å². The van der Waals surface area contributed by atoms with Gasteiger partial charge in [0.25, 0.3) is 0 Å². The molecule has 0 spiro atoms. The molecule has 1 N–H and O–H groups in total. The summed E-state index contributed by atoms with van der Waals surface area (Å²) in [6.45, 7) is 4.18. The lowest BCUT2D eigenvalue weighted by molar-refractivity contribution is 0.0736. The molecule has 4 rings (SSSR count). The van der Waals surface area contributed by atoms with Crippen LogP contribution in [0.2, 0.25) is 0 Å². The van der Waals surface area contributed by atoms with E-state index in [4.69, 9.17) is 14.2 Å². The molecule has 31 heavy (non-hydrogen) atoms. The molecule has 0 atom stereocenters. The monoisotopic (exact) mass is 444 g/mol. The highest BCUT2D eigenvalue weighted by molar-refractivity contribution is 7.89. The molecule has 2 heterocycles. The van der Waals surface area contributed by atoms with Gasteiger partial charge in [0.2, 0.25) is 22.4 Å². The largest absolute Gasteiger partial charge is 0.454 e. The second kappa shape index (κ2) is 8.05. The predicted molar refractivity (Wildman–Crippen MR) is 112 cm³/mol. The van der Waals surface area contributed by atoms with E-state index in [0.717, 1.165) is 6.07 Å². The number of benzene rings is 2. The quantitative estimate of drug-likeness (QED) is 0.459. The van der Waals surface area contributed by atoms with Crippen molar-refractivity contribution in [2.45, 2.75) is 18.7 Å². The van der Waals surface area contributed by atoms with Crippen LogP contribution in [0.15, 0.2) is 52.2 Å². The number of fused-ring (bicyclic) bond motifs is 2. The maximum atomic E-state index is 12.9. The van der Waals surface area contributed by atoms with E-state index in [1.165, 1.54) is 34.6 Å². The molecule has 10 heteroatoms. The third-order valence-corrected chi connectivity index (χ3v) is 6.98. The zero-order valence-corrected chi connectivity index (χ0v) is 17.7. The second-order valence-corrected chi connectivity index (χ2v) is 8.69. The number of nitrogens with zero attached hydrogens (tertiary/aromatic N) is 1. The van der Waals surface area contributed by atoms with Gasteiger partial charge < -0.3 is 19.2 Å². The number of esters is 1. The van der Waals surface area contributed by atoms with Gasteiger partial charge in [0, 0.05) is 36.1 Å². The smallest absolute Gasteiger partial charge is 0.344 e. The summed E-state index contributed by atoms with van der Waals surface area (Å²) in [4.78, 5) is 27.6. The Morgan fingerprint density at radius 3 is 2.55 bits per heavy atom. The van der Waals surface area contributed by atoms with Gasteiger partial charge in [-0.3, -0.25) is 4.79 Å². The number of sulfonamides is 1. The van der Waals surface area contributed by atoms with Gasteiger partial charge in [0.1, 0.15) is 5.75 Å². The molecule has 162 valence electrons. The zero-order chi connectivity index (χ0) is 22.2. The molecule has 0 amide bonds. The minimum absolute atomic E-state index is 0.0212. The molecule has 0 aliphatic carbocycles. The maximum Gasteiger partial charge on any atom is 0.344 e. The van der Waals surface area contributed by atoms with Gasteiger partial charge in [-0.05, 0) is 30.3 Å². The summed E-state index contributed by atoms with van der Waals surface area (Å²) in [6.07, 6.45) is 0. The first-order valence-electron chi connectivity index (χ1n) is 9.62. The summed E-state index contributed by atoms with van der Waals surface area (Å²) >= 11 is 0. The van der Waals surface area contributed by atoms with Crippen molar-refractivity contribution in [2.24, 2.45) is 0 Å². The summed E-state index contributed by atoms with van der Waals surface area (Å²) in [7, 11) is -3.75. The first-order chi connectivity index (χ1) is 14.8. The maximum absolute atomic E-state index is 12.9. The lowest BCUT2D eigenvalue weighted by Gasteiger charge is -2.18. The van der Waals surface area contributed by atoms with E-state index in [9.17, 15) is 18.0 Å². The third-order valence-electron chi connectivity index (χ3n) is 4.93. The fourth-order valence-corrected chi connectivity index (χ4v) is 4.86. The lowest BCUT2D eigenvalue weighted by Crippen LogP contribution is -2.30. The number of hydrogen-bond donors (Lipinski definition) is 1. The van der Waals surface area contributed by atoms with Crippen LogP contribution in [0.5, 0.6) is 17.2 Å². The predicted octanol–water partition coefficient (Wildman–Crippen LogP) is 2.51. The molecule has 0 saturated carbocycles. The minimum Gasteiger partial charge on any atom is -0.454 e. The topological polar surface area (TPSA) is 115 Å². The average Bonchev–Trinajstić information content (AvgIpc) is 3.21. The standard InChI is InChI=1S/C21H20N2O7S/c1-3-23(4-2)31(26,27)14-6-7-17-15(10-14)16(11-20(24)22-17)21(25)30-13-5-8-18-19(9-13)29-12-28-18/h5-11H,3-4,12H2,1-2H3,(H,22,24). The van der Waals surface area contributed by atoms with Gasteiger partial charge in [-0.25, -0.2) is 13.2 Å². The number of aromatic nitrogens is 1. The van der Waals surface area contributed by atoms with Crippen LogP contribution >= 0.6 is 0 Å². The highest BCUT2D eigenvalue weighted by atomic mass is 32.2. The van der Waals surface area contributed by atoms with Crippen molar-refractivity contribution in [1.29, 1.82) is 0 Å². The Bertz CT molecular complexity index is 1330. The van der Waals surface area contributed by atoms with Crippen LogP contribution < -0.4 is 19.8 Å². The number of pyridine rings is 1. The molecule has 2 aromatic carbocycles. The van der Waals surface area contributed by atoms with E-state index in [-0.39, 0.29) is 28.4 Å². The number of hydrogen-bond acceptors (Lipinski definition) is 7. The van der Waals surface area contributed by atoms with Crippen LogP contribution in [0.25, 0.3) is 10.9 Å². The molecular formula is C21H20N2O7S. The van der Waals surface area contributed by atoms with Crippen LogP contribution in [0.3, 0.4) is 0 Å². The van der Waals surface area contributed by atoms with Crippen molar-refractivity contribution >= 4 is 26.9 Å². The average molecular weight is 444 g/mol. The third kappa shape index (κ3) is 3.87. The van der Waals surface area contributed by atoms with E-state index in [1.54, 1.807) is 19.9 Å². The van der Waals surface area contributed by atoms with Crippen molar-refractivity contribution in [3.05, 3.63) is 58.4 Å². The number of H-pyrrole nitrogens is 1. The highest BCUT2D eigenvalue weighted by Crippen LogP contribution is 2.35. The minimum atomic E-state index is -3.75. The molecule has 1 aliphatic heterocycles. The molecule has 0 bridgehead atoms. The Balaban J connectivity index is 1.76. The first-order valence-corrected chi connectivity index (χ1v) is 11.1. The number of carbonyl (C=O) groups is 1. The van der Waals surface area contributed by atoms with Gasteiger partial charge in [-0.2, -0.15) is 4.31 Å². The molecule has 3 aromatic rings. The molecular weight excluding hydrogens is 424 g/mol. The van der Waals surface area contributed by atoms with Crippen molar-refractivity contribution in [1.82, 2.24) is 9.29 Å². The SMILES string of the molecule is CCN(CC)S(=O)(=O)c1ccc2[nH]c(=O)cc(C(=O)Oc3ccc4c(c3)OCO4)c2c1. The lowest BCUT2D eigenvalue weighted by atomic mass is 10.1. The molecule has 0 saturated heterocycles. The van der Waals surface area contributed by atoms with E-state index in [0.29, 0.717) is 30.1 Å². The van der Waals surface area contributed by atoms with E-state index in [1.807, 2.05) is 0 Å². The Kier molecular flexibility index (Phi) is 5.42. The Hall–Kier alpha value is -3.37. The summed E-state index contributed by atoms with van der Waals surface area (Å²) < 4.78 is 43.0. The van der Waals surface area contributed by atoms with E-state index in [2.05, 4.69) is 4.98 Å². The summed E-state index contributed by atoms with van der Waals surface area (Å²) in [5.41, 5.74) is -0.235. The van der Waals surface area contributed by atoms with Crippen molar-refractivity contribution < 1.29 is 27.4 Å². The van der Waals surface area contributed by atoms with Crippen molar-refractivity contribution in [2.75, 3.05) is 19.9 Å². The van der Waals surface area contributed by atoms with Crippen molar-refractivity contribution in [3.63, 3.8) is 0 Å². The van der Waals surface area contributed by atoms with Crippen LogP contribution in [-0.4, -0.2) is 43.6 Å². The fraction of sp³-hybridized carbons (Fsp3) is 0.238. The summed E-state index contributed by atoms with van der Waals surface area (Å²) in [5, 5.41) is 0.263. The molecule has 0 unspecified atom stereocenters. The zero-order valence-electron chi connectivity index (χ0n) is 16.9. The molecule has 1 aromatic heterocycles. The normalized spacial score (nSPS) is 13.0. The van der Waals surface area contributed by atoms with Crippen LogP contribution in [0.1, 0.15) is 24.2 Å². The summed E-state index contributed by atoms with van der Waals surface area (Å²) in [6, 6.07) is 9.97. The molecule has 0 fully saturated rings. The number of nitrogens with one attached hydrogen (secondary N) is 1. The van der Waals surface area contributed by atoms with Gasteiger partial charge in [0.05, 0.1) is 10.5 Å². The van der Waals surface area contributed by atoms with Gasteiger partial charge >= 0.3 is 5.97 Å². The Labute approximate surface area is 178 Å². The van der Waals surface area contributed by atoms with Crippen molar-refractivity contribution in [3.8, 4) is 17.2 Å². The number of rotatable bonds is 6. The Morgan fingerprint density at radius 2 is 1.81 bits per heavy atom. The van der Waals surface area contributed by atoms with E-state index < -0.39 is 21.6 Å². The van der Waals surface area contributed by atoms with Crippen LogP contribution in [0.4, 0.5) is 0 Å². The first kappa shape index (κ1) is 20.9. The van der Waals surface area contributed by atoms with Gasteiger partial charge in [-0.1, -0.05) is 13.8 Å². The number of ether oxygens (including phenoxy) is 3. The van der Waals surface area contributed by atoms with Gasteiger partial charge in [0.15, 0.2) is 11.5 Å². The Morgan fingerprint density at radius 1 is 1.06 bits per heavy atom. The highest BCUT2D eigenvalue weighted by Gasteiger charge is 2.24. The molecule has 9 nitrogen and oxygen atoms in total. The number of carbonyl (C=O) groups excluding carboxylic acids is 1. The summed E-state index contributed by atoms with van der Waals surface area (Å²) in [5.74, 6) is 0.378. The fourth-order valence-electron chi connectivity index (χ4n) is 3.38. The van der Waals surface area contributed by atoms with Gasteiger partial charge in [-0.15, -0.1) is 0 Å². The van der Waals surface area contributed by atoms with Crippen LogP contribution in [-0.2, 0) is 10.0 Å². The molecule has 0 radical (unpaired) electrons. The molecule has 1 aliphatic rings. The number of aromatic amines is 1.